The molecule has 0 aliphatic carbocycles. The second kappa shape index (κ2) is 19.2. The number of hydrogen-bond acceptors (Lipinski definition) is 3. The Bertz CT molecular complexity index is 267. The Morgan fingerprint density at radius 1 is 0.682 bits per heavy atom. The van der Waals surface area contributed by atoms with Crippen LogP contribution >= 0.6 is 0 Å². The molecule has 0 amide bonds. The van der Waals surface area contributed by atoms with E-state index in [0.717, 1.165) is 12.8 Å². The van der Waals surface area contributed by atoms with E-state index in [1.807, 2.05) is 0 Å². The molecule has 126 valence electrons. The maximum atomic E-state index is 11.1. The fraction of sp³-hybridized carbons (Fsp3) is 0.889. The Hall–Kier alpha value is 0.140. The molecule has 22 heavy (non-hydrogen) atoms. The predicted molar refractivity (Wildman–Crippen MR) is 94.2 cm³/mol. The number of carbonyl (C=O) groups excluding carboxylic acids is 2. The molecule has 0 N–H and O–H groups in total. The molecule has 0 unspecified atom stereocenters. The number of unbranched alkanes of at least 4 members (excludes halogenated alkanes) is 12. The number of hydrogen-bond donors (Lipinski definition) is 0. The molecule has 0 saturated heterocycles. The molecule has 0 heterocycles. The van der Waals surface area contributed by atoms with Gasteiger partial charge in [0.15, 0.2) is 0 Å². The Labute approximate surface area is 159 Å². The van der Waals surface area contributed by atoms with Gasteiger partial charge in [-0.15, -0.1) is 0 Å². The van der Waals surface area contributed by atoms with Gasteiger partial charge in [-0.05, 0) is 6.42 Å². The SMILES string of the molecule is CCCCCCCCCCCCCCCC(=O)OC(C)=O.[NaH]. The van der Waals surface area contributed by atoms with Crippen molar-refractivity contribution in [3.8, 4) is 0 Å². The summed E-state index contributed by atoms with van der Waals surface area (Å²) >= 11 is 0. The fourth-order valence-electron chi connectivity index (χ4n) is 2.50. The molecule has 0 saturated carbocycles. The van der Waals surface area contributed by atoms with Crippen LogP contribution in [-0.4, -0.2) is 41.5 Å². The molecule has 0 bridgehead atoms. The molecule has 0 rings (SSSR count). The van der Waals surface area contributed by atoms with Gasteiger partial charge in [0, 0.05) is 13.3 Å². The second-order valence-electron chi connectivity index (χ2n) is 5.96. The van der Waals surface area contributed by atoms with Crippen LogP contribution in [0.4, 0.5) is 0 Å². The van der Waals surface area contributed by atoms with E-state index in [1.54, 1.807) is 0 Å². The first-order valence-electron chi connectivity index (χ1n) is 8.88. The normalized spacial score (nSPS) is 10.1. The van der Waals surface area contributed by atoms with Crippen LogP contribution in [0.1, 0.15) is 104 Å². The summed E-state index contributed by atoms with van der Waals surface area (Å²) in [6, 6.07) is 0. The third kappa shape index (κ3) is 20.1. The predicted octanol–water partition coefficient (Wildman–Crippen LogP) is 4.91. The summed E-state index contributed by atoms with van der Waals surface area (Å²) in [6.45, 7) is 3.52. The van der Waals surface area contributed by atoms with Crippen LogP contribution in [0.15, 0.2) is 0 Å². The van der Waals surface area contributed by atoms with E-state index in [-0.39, 0.29) is 35.5 Å². The number of carbonyl (C=O) groups is 2. The van der Waals surface area contributed by atoms with Gasteiger partial charge in [-0.3, -0.25) is 9.59 Å². The van der Waals surface area contributed by atoms with E-state index in [4.69, 9.17) is 0 Å². The minimum absolute atomic E-state index is 0. The average Bonchev–Trinajstić information content (AvgIpc) is 2.43. The van der Waals surface area contributed by atoms with E-state index in [1.165, 1.54) is 77.6 Å². The van der Waals surface area contributed by atoms with Crippen molar-refractivity contribution in [3.05, 3.63) is 0 Å². The summed E-state index contributed by atoms with van der Waals surface area (Å²) < 4.78 is 4.48. The molecule has 3 nitrogen and oxygen atoms in total. The second-order valence-corrected chi connectivity index (χ2v) is 5.96. The monoisotopic (exact) mass is 322 g/mol. The molecule has 0 aromatic heterocycles. The quantitative estimate of drug-likeness (QED) is 0.197. The number of esters is 2. The van der Waals surface area contributed by atoms with Gasteiger partial charge in [0.2, 0.25) is 0 Å². The summed E-state index contributed by atoms with van der Waals surface area (Å²) in [4.78, 5) is 21.7. The Morgan fingerprint density at radius 3 is 1.41 bits per heavy atom. The first kappa shape index (κ1) is 24.4. The summed E-state index contributed by atoms with van der Waals surface area (Å²) in [5.41, 5.74) is 0. The molecule has 0 aromatic carbocycles. The molecule has 0 fully saturated rings. The van der Waals surface area contributed by atoms with Crippen molar-refractivity contribution in [2.24, 2.45) is 0 Å². The number of rotatable bonds is 14. The standard InChI is InChI=1S/C18H34O3.Na.H/c1-3-4-5-6-7-8-9-10-11-12-13-14-15-16-18(20)21-17(2)19;;/h3-16H2,1-2H3;;. The molecular formula is C18H35NaO3. The van der Waals surface area contributed by atoms with Crippen molar-refractivity contribution in [2.45, 2.75) is 104 Å². The maximum absolute atomic E-state index is 11.1. The zero-order valence-electron chi connectivity index (χ0n) is 14.1. The topological polar surface area (TPSA) is 43.4 Å². The van der Waals surface area contributed by atoms with Crippen LogP contribution in [-0.2, 0) is 14.3 Å². The number of ether oxygens (including phenoxy) is 1. The molecule has 0 spiro atoms. The van der Waals surface area contributed by atoms with E-state index < -0.39 is 5.97 Å². The zero-order chi connectivity index (χ0) is 15.8. The molecule has 0 aliphatic rings. The van der Waals surface area contributed by atoms with Gasteiger partial charge in [-0.2, -0.15) is 0 Å². The summed E-state index contributed by atoms with van der Waals surface area (Å²) in [6.07, 6.45) is 17.1. The van der Waals surface area contributed by atoms with Crippen molar-refractivity contribution in [3.63, 3.8) is 0 Å². The van der Waals surface area contributed by atoms with Gasteiger partial charge < -0.3 is 4.74 Å². The van der Waals surface area contributed by atoms with Crippen molar-refractivity contribution in [1.29, 1.82) is 0 Å². The van der Waals surface area contributed by atoms with Crippen LogP contribution in [0.2, 0.25) is 0 Å². The van der Waals surface area contributed by atoms with Crippen LogP contribution in [0.5, 0.6) is 0 Å². The van der Waals surface area contributed by atoms with Crippen LogP contribution in [0.25, 0.3) is 0 Å². The third-order valence-electron chi connectivity index (χ3n) is 3.74. The molecule has 0 radical (unpaired) electrons. The van der Waals surface area contributed by atoms with Crippen molar-refractivity contribution in [2.75, 3.05) is 0 Å². The van der Waals surface area contributed by atoms with E-state index in [0.29, 0.717) is 6.42 Å². The van der Waals surface area contributed by atoms with E-state index >= 15 is 0 Å². The van der Waals surface area contributed by atoms with Crippen LogP contribution < -0.4 is 0 Å². The molecular weight excluding hydrogens is 287 g/mol. The zero-order valence-corrected chi connectivity index (χ0v) is 14.1. The molecule has 0 atom stereocenters. The molecule has 4 heteroatoms. The van der Waals surface area contributed by atoms with E-state index in [2.05, 4.69) is 11.7 Å². The van der Waals surface area contributed by atoms with Crippen molar-refractivity contribution >= 4 is 41.5 Å². The Balaban J connectivity index is 0. The van der Waals surface area contributed by atoms with Crippen LogP contribution in [0, 0.1) is 0 Å². The molecule has 0 aliphatic heterocycles. The first-order valence-corrected chi connectivity index (χ1v) is 8.88. The van der Waals surface area contributed by atoms with Gasteiger partial charge in [-0.1, -0.05) is 84.0 Å². The van der Waals surface area contributed by atoms with Gasteiger partial charge in [0.25, 0.3) is 0 Å². The van der Waals surface area contributed by atoms with E-state index in [9.17, 15) is 9.59 Å². The fourth-order valence-corrected chi connectivity index (χ4v) is 2.50. The van der Waals surface area contributed by atoms with Crippen molar-refractivity contribution < 1.29 is 14.3 Å². The van der Waals surface area contributed by atoms with Gasteiger partial charge in [-0.25, -0.2) is 0 Å². The average molecular weight is 322 g/mol. The van der Waals surface area contributed by atoms with Crippen molar-refractivity contribution in [1.82, 2.24) is 0 Å². The summed E-state index contributed by atoms with van der Waals surface area (Å²) in [7, 11) is 0. The van der Waals surface area contributed by atoms with Gasteiger partial charge in [0.05, 0.1) is 0 Å². The summed E-state index contributed by atoms with van der Waals surface area (Å²) in [5, 5.41) is 0. The first-order chi connectivity index (χ1) is 10.2. The Kier molecular flexibility index (Phi) is 21.3. The van der Waals surface area contributed by atoms with Gasteiger partial charge >= 0.3 is 41.5 Å². The van der Waals surface area contributed by atoms with Crippen LogP contribution in [0.3, 0.4) is 0 Å². The third-order valence-corrected chi connectivity index (χ3v) is 3.74. The Morgan fingerprint density at radius 2 is 1.05 bits per heavy atom. The molecule has 0 aromatic rings. The summed E-state index contributed by atoms with van der Waals surface area (Å²) in [5.74, 6) is -0.889. The van der Waals surface area contributed by atoms with Gasteiger partial charge in [0.1, 0.15) is 0 Å². The minimum atomic E-state index is -0.505.